The van der Waals surface area contributed by atoms with Gasteiger partial charge in [-0.1, -0.05) is 13.8 Å². The molecule has 1 atom stereocenters. The van der Waals surface area contributed by atoms with Gasteiger partial charge in [0.2, 0.25) is 5.95 Å². The van der Waals surface area contributed by atoms with Crippen molar-refractivity contribution >= 4 is 5.95 Å². The van der Waals surface area contributed by atoms with Crippen LogP contribution in [0, 0.1) is 5.41 Å². The topological polar surface area (TPSA) is 75.3 Å². The Morgan fingerprint density at radius 1 is 1.35 bits per heavy atom. The van der Waals surface area contributed by atoms with Crippen molar-refractivity contribution in [2.75, 3.05) is 18.0 Å². The minimum Gasteiger partial charge on any atom is -0.393 e. The summed E-state index contributed by atoms with van der Waals surface area (Å²) in [6.45, 7) is 6.15. The van der Waals surface area contributed by atoms with Crippen LogP contribution in [0.1, 0.15) is 50.4 Å². The average Bonchev–Trinajstić information content (AvgIpc) is 2.37. The number of rotatable bonds is 1. The Balaban J connectivity index is 1.85. The van der Waals surface area contributed by atoms with E-state index < -0.39 is 0 Å². The molecule has 1 aliphatic heterocycles. The summed E-state index contributed by atoms with van der Waals surface area (Å²) in [5, 5.41) is 9.59. The molecule has 1 aromatic rings. The number of nitrogens with two attached hydrogens (primary N) is 1. The summed E-state index contributed by atoms with van der Waals surface area (Å²) < 4.78 is 0. The molecule has 5 heteroatoms. The molecule has 1 aromatic heterocycles. The van der Waals surface area contributed by atoms with Crippen LogP contribution in [0.15, 0.2) is 6.20 Å². The second-order valence-electron chi connectivity index (χ2n) is 6.94. The van der Waals surface area contributed by atoms with Crippen LogP contribution in [0.4, 0.5) is 5.95 Å². The molecule has 1 saturated heterocycles. The van der Waals surface area contributed by atoms with Crippen molar-refractivity contribution in [3.05, 3.63) is 17.5 Å². The van der Waals surface area contributed by atoms with Crippen LogP contribution in [0.25, 0.3) is 0 Å². The Morgan fingerprint density at radius 3 is 2.75 bits per heavy atom. The third-order valence-corrected chi connectivity index (χ3v) is 4.45. The lowest BCUT2D eigenvalue weighted by molar-refractivity contribution is 0.145. The Morgan fingerprint density at radius 2 is 2.05 bits per heavy atom. The van der Waals surface area contributed by atoms with E-state index in [-0.39, 0.29) is 17.6 Å². The van der Waals surface area contributed by atoms with Gasteiger partial charge in [0.1, 0.15) is 0 Å². The first-order valence-electron chi connectivity index (χ1n) is 7.49. The highest BCUT2D eigenvalue weighted by Gasteiger charge is 2.32. The third-order valence-electron chi connectivity index (χ3n) is 4.45. The van der Waals surface area contributed by atoms with E-state index in [0.717, 1.165) is 56.0 Å². The Hall–Kier alpha value is -1.20. The quantitative estimate of drug-likeness (QED) is 0.811. The van der Waals surface area contributed by atoms with Gasteiger partial charge in [-0.2, -0.15) is 0 Å². The minimum absolute atomic E-state index is 0.0472. The van der Waals surface area contributed by atoms with Crippen molar-refractivity contribution in [2.24, 2.45) is 11.1 Å². The highest BCUT2D eigenvalue weighted by Crippen LogP contribution is 2.38. The van der Waals surface area contributed by atoms with Crippen LogP contribution < -0.4 is 10.6 Å². The van der Waals surface area contributed by atoms with Gasteiger partial charge in [0.15, 0.2) is 0 Å². The van der Waals surface area contributed by atoms with Crippen LogP contribution in [-0.2, 0) is 6.42 Å². The number of hydrogen-bond donors (Lipinski definition) is 2. The third kappa shape index (κ3) is 2.65. The van der Waals surface area contributed by atoms with E-state index in [2.05, 4.69) is 23.7 Å². The van der Waals surface area contributed by atoms with Crippen molar-refractivity contribution < 1.29 is 5.11 Å². The molecule has 2 aliphatic rings. The molecule has 110 valence electrons. The van der Waals surface area contributed by atoms with Crippen LogP contribution in [-0.4, -0.2) is 34.3 Å². The van der Waals surface area contributed by atoms with Gasteiger partial charge in [0, 0.05) is 30.9 Å². The number of hydrogen-bond acceptors (Lipinski definition) is 5. The fraction of sp³-hybridized carbons (Fsp3) is 0.733. The van der Waals surface area contributed by atoms with E-state index in [1.807, 2.05) is 6.20 Å². The molecule has 0 radical (unpaired) electrons. The number of fused-ring (bicyclic) bond motifs is 1. The molecule has 5 nitrogen and oxygen atoms in total. The summed E-state index contributed by atoms with van der Waals surface area (Å²) in [6.07, 6.45) is 5.27. The van der Waals surface area contributed by atoms with E-state index >= 15 is 0 Å². The lowest BCUT2D eigenvalue weighted by Crippen LogP contribution is -2.38. The first-order valence-corrected chi connectivity index (χ1v) is 7.49. The molecular formula is C15H24N4O. The number of aromatic nitrogens is 2. The van der Waals surface area contributed by atoms with Crippen LogP contribution >= 0.6 is 0 Å². The fourth-order valence-corrected chi connectivity index (χ4v) is 3.32. The van der Waals surface area contributed by atoms with Crippen molar-refractivity contribution in [1.29, 1.82) is 0 Å². The average molecular weight is 276 g/mol. The van der Waals surface area contributed by atoms with Gasteiger partial charge in [0.05, 0.1) is 11.8 Å². The number of piperidine rings is 1. The molecule has 3 N–H and O–H groups in total. The zero-order chi connectivity index (χ0) is 14.3. The van der Waals surface area contributed by atoms with E-state index in [1.54, 1.807) is 0 Å². The zero-order valence-electron chi connectivity index (χ0n) is 12.3. The molecule has 1 fully saturated rings. The SMILES string of the molecule is CC1(C)Cc2nc(N3CCC(O)CC3)ncc2[C@@H](N)C1. The van der Waals surface area contributed by atoms with Gasteiger partial charge in [-0.15, -0.1) is 0 Å². The highest BCUT2D eigenvalue weighted by atomic mass is 16.3. The van der Waals surface area contributed by atoms with E-state index in [4.69, 9.17) is 10.7 Å². The molecule has 0 spiro atoms. The summed E-state index contributed by atoms with van der Waals surface area (Å²) in [7, 11) is 0. The molecule has 3 rings (SSSR count). The molecule has 0 bridgehead atoms. The number of anilines is 1. The fourth-order valence-electron chi connectivity index (χ4n) is 3.32. The standard InChI is InChI=1S/C15H24N4O/c1-15(2)7-12(16)11-9-17-14(18-13(11)8-15)19-5-3-10(20)4-6-19/h9-10,12,20H,3-8,16H2,1-2H3/t12-/m0/s1. The van der Waals surface area contributed by atoms with Gasteiger partial charge in [-0.05, 0) is 31.1 Å². The number of aliphatic hydroxyl groups excluding tert-OH is 1. The largest absolute Gasteiger partial charge is 0.393 e. The van der Waals surface area contributed by atoms with Gasteiger partial charge in [-0.3, -0.25) is 0 Å². The maximum Gasteiger partial charge on any atom is 0.225 e. The second kappa shape index (κ2) is 4.97. The Labute approximate surface area is 120 Å². The molecule has 1 aliphatic carbocycles. The maximum atomic E-state index is 9.59. The summed E-state index contributed by atoms with van der Waals surface area (Å²) in [5.41, 5.74) is 8.65. The molecule has 0 unspecified atom stereocenters. The molecule has 0 aromatic carbocycles. The normalized spacial score (nSPS) is 26.4. The van der Waals surface area contributed by atoms with E-state index in [0.29, 0.717) is 0 Å². The molecule has 2 heterocycles. The first-order chi connectivity index (χ1) is 9.44. The minimum atomic E-state index is -0.170. The van der Waals surface area contributed by atoms with Gasteiger partial charge in [-0.25, -0.2) is 9.97 Å². The Bertz CT molecular complexity index is 495. The van der Waals surface area contributed by atoms with Crippen molar-refractivity contribution in [3.8, 4) is 0 Å². The van der Waals surface area contributed by atoms with Gasteiger partial charge >= 0.3 is 0 Å². The van der Waals surface area contributed by atoms with E-state index in [9.17, 15) is 5.11 Å². The molecule has 0 amide bonds. The summed E-state index contributed by atoms with van der Waals surface area (Å²) >= 11 is 0. The highest BCUT2D eigenvalue weighted by molar-refractivity contribution is 5.36. The maximum absolute atomic E-state index is 9.59. The van der Waals surface area contributed by atoms with Crippen molar-refractivity contribution in [3.63, 3.8) is 0 Å². The number of nitrogens with zero attached hydrogens (tertiary/aromatic N) is 3. The van der Waals surface area contributed by atoms with Crippen molar-refractivity contribution in [1.82, 2.24) is 9.97 Å². The van der Waals surface area contributed by atoms with Crippen LogP contribution in [0.5, 0.6) is 0 Å². The predicted molar refractivity (Wildman–Crippen MR) is 78.5 cm³/mol. The smallest absolute Gasteiger partial charge is 0.225 e. The molecule has 20 heavy (non-hydrogen) atoms. The molecular weight excluding hydrogens is 252 g/mol. The Kier molecular flexibility index (Phi) is 3.42. The summed E-state index contributed by atoms with van der Waals surface area (Å²) in [4.78, 5) is 11.4. The van der Waals surface area contributed by atoms with Crippen molar-refractivity contribution in [2.45, 2.75) is 51.7 Å². The van der Waals surface area contributed by atoms with Gasteiger partial charge in [0.25, 0.3) is 0 Å². The molecule has 0 saturated carbocycles. The lowest BCUT2D eigenvalue weighted by Gasteiger charge is -2.35. The zero-order valence-corrected chi connectivity index (χ0v) is 12.3. The monoisotopic (exact) mass is 276 g/mol. The first kappa shape index (κ1) is 13.8. The van der Waals surface area contributed by atoms with Gasteiger partial charge < -0.3 is 15.7 Å². The van der Waals surface area contributed by atoms with Crippen LogP contribution in [0.3, 0.4) is 0 Å². The van der Waals surface area contributed by atoms with Crippen LogP contribution in [0.2, 0.25) is 0 Å². The number of aliphatic hydroxyl groups is 1. The second-order valence-corrected chi connectivity index (χ2v) is 6.94. The predicted octanol–water partition coefficient (Wildman–Crippen LogP) is 1.41. The summed E-state index contributed by atoms with van der Waals surface area (Å²) in [6, 6.07) is 0.0472. The lowest BCUT2D eigenvalue weighted by atomic mass is 9.74. The van der Waals surface area contributed by atoms with E-state index in [1.165, 1.54) is 0 Å². The summed E-state index contributed by atoms with van der Waals surface area (Å²) in [5.74, 6) is 0.792.